The van der Waals surface area contributed by atoms with Crippen LogP contribution in [-0.2, 0) is 4.79 Å². The minimum Gasteiger partial charge on any atom is -0.497 e. The molecule has 1 fully saturated rings. The molecule has 3 rings (SSSR count). The Kier molecular flexibility index (Phi) is 6.30. The van der Waals surface area contributed by atoms with Gasteiger partial charge in [-0.05, 0) is 55.7 Å². The molecule has 0 saturated carbocycles. The predicted octanol–water partition coefficient (Wildman–Crippen LogP) is 2.93. The van der Waals surface area contributed by atoms with Crippen LogP contribution in [0.2, 0.25) is 0 Å². The molecule has 1 aromatic carbocycles. The average molecular weight is 356 g/mol. The molecular formula is C20H24N2O4. The standard InChI is InChI=1S/C20H24N2O4/c1-24-17-7-9-18(10-8-17)26-15-20(23)22-12-3-2-5-16(22)14-25-19-6-4-11-21-13-19/h4,6-11,13,16H,2-3,5,12,14-15H2,1H3. The molecule has 0 bridgehead atoms. The van der Waals surface area contributed by atoms with Gasteiger partial charge in [-0.3, -0.25) is 9.78 Å². The SMILES string of the molecule is COc1ccc(OCC(=O)N2CCCCC2COc2cccnc2)cc1. The second-order valence-electron chi connectivity index (χ2n) is 6.20. The van der Waals surface area contributed by atoms with E-state index in [0.717, 1.165) is 37.3 Å². The Balaban J connectivity index is 1.53. The summed E-state index contributed by atoms with van der Waals surface area (Å²) in [6.07, 6.45) is 6.44. The minimum atomic E-state index is -0.0136. The van der Waals surface area contributed by atoms with E-state index in [1.807, 2.05) is 29.2 Å². The van der Waals surface area contributed by atoms with Crippen molar-refractivity contribution in [2.24, 2.45) is 0 Å². The van der Waals surface area contributed by atoms with Gasteiger partial charge in [-0.2, -0.15) is 0 Å². The first-order chi connectivity index (χ1) is 12.8. The zero-order chi connectivity index (χ0) is 18.2. The third-order valence-corrected chi connectivity index (χ3v) is 4.45. The molecule has 1 unspecified atom stereocenters. The fourth-order valence-electron chi connectivity index (χ4n) is 3.03. The van der Waals surface area contributed by atoms with E-state index in [4.69, 9.17) is 14.2 Å². The largest absolute Gasteiger partial charge is 0.497 e. The molecule has 0 N–H and O–H groups in total. The second kappa shape index (κ2) is 9.08. The molecule has 0 radical (unpaired) electrons. The summed E-state index contributed by atoms with van der Waals surface area (Å²) in [5.74, 6) is 2.12. The molecule has 2 aromatic rings. The zero-order valence-electron chi connectivity index (χ0n) is 15.0. The molecule has 1 aromatic heterocycles. The van der Waals surface area contributed by atoms with Crippen LogP contribution in [-0.4, -0.2) is 48.7 Å². The van der Waals surface area contributed by atoms with E-state index < -0.39 is 0 Å². The fourth-order valence-corrected chi connectivity index (χ4v) is 3.03. The monoisotopic (exact) mass is 356 g/mol. The molecule has 138 valence electrons. The first kappa shape index (κ1) is 18.0. The normalized spacial score (nSPS) is 16.8. The van der Waals surface area contributed by atoms with Crippen molar-refractivity contribution in [1.82, 2.24) is 9.88 Å². The van der Waals surface area contributed by atoms with Crippen molar-refractivity contribution < 1.29 is 19.0 Å². The van der Waals surface area contributed by atoms with Crippen LogP contribution in [0.3, 0.4) is 0 Å². The van der Waals surface area contributed by atoms with Crippen LogP contribution in [0.1, 0.15) is 19.3 Å². The molecule has 1 aliphatic heterocycles. The topological polar surface area (TPSA) is 60.9 Å². The number of benzene rings is 1. The van der Waals surface area contributed by atoms with Gasteiger partial charge >= 0.3 is 0 Å². The predicted molar refractivity (Wildman–Crippen MR) is 97.6 cm³/mol. The molecule has 1 amide bonds. The van der Waals surface area contributed by atoms with Crippen molar-refractivity contribution >= 4 is 5.91 Å². The Bertz CT molecular complexity index is 691. The van der Waals surface area contributed by atoms with Gasteiger partial charge in [0, 0.05) is 12.7 Å². The Labute approximate surface area is 153 Å². The number of likely N-dealkylation sites (tertiary alicyclic amines) is 1. The number of piperidine rings is 1. The number of carbonyl (C=O) groups is 1. The number of hydrogen-bond donors (Lipinski definition) is 0. The van der Waals surface area contributed by atoms with Gasteiger partial charge in [-0.1, -0.05) is 0 Å². The van der Waals surface area contributed by atoms with Gasteiger partial charge in [0.05, 0.1) is 19.3 Å². The summed E-state index contributed by atoms with van der Waals surface area (Å²) in [5.41, 5.74) is 0. The Morgan fingerprint density at radius 1 is 1.12 bits per heavy atom. The Hall–Kier alpha value is -2.76. The molecule has 26 heavy (non-hydrogen) atoms. The summed E-state index contributed by atoms with van der Waals surface area (Å²) in [6, 6.07) is 11.0. The zero-order valence-corrected chi connectivity index (χ0v) is 15.0. The lowest BCUT2D eigenvalue weighted by molar-refractivity contribution is -0.137. The highest BCUT2D eigenvalue weighted by molar-refractivity contribution is 5.78. The van der Waals surface area contributed by atoms with Crippen LogP contribution < -0.4 is 14.2 Å². The highest BCUT2D eigenvalue weighted by Gasteiger charge is 2.27. The van der Waals surface area contributed by atoms with Gasteiger partial charge in [-0.15, -0.1) is 0 Å². The number of hydrogen-bond acceptors (Lipinski definition) is 5. The third-order valence-electron chi connectivity index (χ3n) is 4.45. The Morgan fingerprint density at radius 2 is 1.92 bits per heavy atom. The van der Waals surface area contributed by atoms with E-state index in [-0.39, 0.29) is 18.6 Å². The second-order valence-corrected chi connectivity index (χ2v) is 6.20. The van der Waals surface area contributed by atoms with E-state index in [9.17, 15) is 4.79 Å². The number of rotatable bonds is 7. The van der Waals surface area contributed by atoms with Crippen molar-refractivity contribution in [3.63, 3.8) is 0 Å². The van der Waals surface area contributed by atoms with Crippen molar-refractivity contribution in [3.05, 3.63) is 48.8 Å². The average Bonchev–Trinajstić information content (AvgIpc) is 2.72. The van der Waals surface area contributed by atoms with Crippen LogP contribution in [0, 0.1) is 0 Å². The van der Waals surface area contributed by atoms with Gasteiger partial charge < -0.3 is 19.1 Å². The van der Waals surface area contributed by atoms with E-state index in [1.165, 1.54) is 0 Å². The van der Waals surface area contributed by atoms with Crippen molar-refractivity contribution in [2.45, 2.75) is 25.3 Å². The number of methoxy groups -OCH3 is 1. The molecule has 1 saturated heterocycles. The van der Waals surface area contributed by atoms with Gasteiger partial charge in [0.25, 0.3) is 5.91 Å². The summed E-state index contributed by atoms with van der Waals surface area (Å²) in [4.78, 5) is 18.5. The molecule has 6 heteroatoms. The lowest BCUT2D eigenvalue weighted by Crippen LogP contribution is -2.48. The maximum Gasteiger partial charge on any atom is 0.260 e. The lowest BCUT2D eigenvalue weighted by Gasteiger charge is -2.35. The van der Waals surface area contributed by atoms with Gasteiger partial charge in [0.2, 0.25) is 0 Å². The number of pyridine rings is 1. The molecule has 2 heterocycles. The summed E-state index contributed by atoms with van der Waals surface area (Å²) < 4.78 is 16.6. The van der Waals surface area contributed by atoms with E-state index in [2.05, 4.69) is 4.98 Å². The van der Waals surface area contributed by atoms with Gasteiger partial charge in [0.1, 0.15) is 23.9 Å². The molecule has 6 nitrogen and oxygen atoms in total. The lowest BCUT2D eigenvalue weighted by atomic mass is 10.0. The minimum absolute atomic E-state index is 0.0136. The summed E-state index contributed by atoms with van der Waals surface area (Å²) in [6.45, 7) is 1.24. The van der Waals surface area contributed by atoms with E-state index in [1.54, 1.807) is 31.6 Å². The number of ether oxygens (including phenoxy) is 3. The van der Waals surface area contributed by atoms with Crippen molar-refractivity contribution in [3.8, 4) is 17.2 Å². The number of carbonyl (C=O) groups excluding carboxylic acids is 1. The summed E-state index contributed by atoms with van der Waals surface area (Å²) >= 11 is 0. The van der Waals surface area contributed by atoms with Gasteiger partial charge in [0.15, 0.2) is 6.61 Å². The van der Waals surface area contributed by atoms with E-state index in [0.29, 0.717) is 12.4 Å². The smallest absolute Gasteiger partial charge is 0.260 e. The first-order valence-electron chi connectivity index (χ1n) is 8.85. The third kappa shape index (κ3) is 4.88. The van der Waals surface area contributed by atoms with Crippen LogP contribution in [0.25, 0.3) is 0 Å². The fraction of sp³-hybridized carbons (Fsp3) is 0.400. The number of nitrogens with zero attached hydrogens (tertiary/aromatic N) is 2. The highest BCUT2D eigenvalue weighted by atomic mass is 16.5. The first-order valence-corrected chi connectivity index (χ1v) is 8.85. The van der Waals surface area contributed by atoms with Gasteiger partial charge in [-0.25, -0.2) is 0 Å². The van der Waals surface area contributed by atoms with E-state index >= 15 is 0 Å². The van der Waals surface area contributed by atoms with Crippen LogP contribution in [0.15, 0.2) is 48.8 Å². The molecule has 0 spiro atoms. The van der Waals surface area contributed by atoms with Crippen LogP contribution in [0.5, 0.6) is 17.2 Å². The molecule has 1 aliphatic rings. The maximum atomic E-state index is 12.6. The number of amides is 1. The van der Waals surface area contributed by atoms with Crippen molar-refractivity contribution in [1.29, 1.82) is 0 Å². The summed E-state index contributed by atoms with van der Waals surface area (Å²) in [7, 11) is 1.61. The van der Waals surface area contributed by atoms with Crippen LogP contribution >= 0.6 is 0 Å². The Morgan fingerprint density at radius 3 is 2.65 bits per heavy atom. The van der Waals surface area contributed by atoms with Crippen LogP contribution in [0.4, 0.5) is 0 Å². The maximum absolute atomic E-state index is 12.6. The van der Waals surface area contributed by atoms with Crippen molar-refractivity contribution in [2.75, 3.05) is 26.9 Å². The molecular weight excluding hydrogens is 332 g/mol. The highest BCUT2D eigenvalue weighted by Crippen LogP contribution is 2.20. The number of aromatic nitrogens is 1. The molecule has 0 aliphatic carbocycles. The molecule has 1 atom stereocenters. The quantitative estimate of drug-likeness (QED) is 0.763. The summed E-state index contributed by atoms with van der Waals surface area (Å²) in [5, 5.41) is 0.